The number of imidazole rings is 1. The zero-order valence-corrected chi connectivity index (χ0v) is 15.0. The number of aromatic nitrogens is 5. The van der Waals surface area contributed by atoms with Crippen molar-refractivity contribution in [1.82, 2.24) is 24.6 Å². The number of rotatable bonds is 3. The van der Waals surface area contributed by atoms with Crippen molar-refractivity contribution in [2.24, 2.45) is 0 Å². The van der Waals surface area contributed by atoms with Gasteiger partial charge in [-0.05, 0) is 24.3 Å². The Labute approximate surface area is 163 Å². The Morgan fingerprint density at radius 1 is 1.00 bits per heavy atom. The first-order valence-electron chi connectivity index (χ1n) is 8.88. The van der Waals surface area contributed by atoms with Crippen LogP contribution in [-0.4, -0.2) is 30.5 Å². The molecule has 3 heterocycles. The van der Waals surface area contributed by atoms with Crippen LogP contribution in [-0.2, 0) is 0 Å². The van der Waals surface area contributed by atoms with E-state index in [1.165, 1.54) is 0 Å². The molecule has 0 aliphatic carbocycles. The fourth-order valence-electron chi connectivity index (χ4n) is 3.17. The van der Waals surface area contributed by atoms with Crippen LogP contribution in [0.4, 0.5) is 5.69 Å². The molecule has 0 bridgehead atoms. The summed E-state index contributed by atoms with van der Waals surface area (Å²) in [6, 6.07) is 16.0. The molecule has 3 aromatic heterocycles. The second-order valence-corrected chi connectivity index (χ2v) is 6.43. The number of benzene rings is 2. The van der Waals surface area contributed by atoms with E-state index in [1.54, 1.807) is 42.6 Å². The van der Waals surface area contributed by atoms with Gasteiger partial charge in [0.05, 0.1) is 11.1 Å². The van der Waals surface area contributed by atoms with Gasteiger partial charge in [0.2, 0.25) is 5.78 Å². The minimum Gasteiger partial charge on any atom is -0.321 e. The molecule has 29 heavy (non-hydrogen) atoms. The van der Waals surface area contributed by atoms with Crippen molar-refractivity contribution in [2.45, 2.75) is 0 Å². The van der Waals surface area contributed by atoms with Gasteiger partial charge >= 0.3 is 0 Å². The predicted molar refractivity (Wildman–Crippen MR) is 109 cm³/mol. The lowest BCUT2D eigenvalue weighted by atomic mass is 10.1. The standard InChI is InChI=1S/C21H14N6O2/c28-19-16-5-2-1-4-15(16)18(25-26-19)20(29)23-14-8-6-13(7-9-14)17-12-27-11-3-10-22-21(27)24-17/h1-12H,(H,23,29)(H,26,28). The SMILES string of the molecule is O=C(Nc1ccc(-c2cn3cccnc3n2)cc1)c1n[nH]c(=O)c2ccccc12. The van der Waals surface area contributed by atoms with Gasteiger partial charge in [-0.25, -0.2) is 15.1 Å². The topological polar surface area (TPSA) is 105 Å². The maximum atomic E-state index is 12.7. The highest BCUT2D eigenvalue weighted by molar-refractivity contribution is 6.11. The average molecular weight is 382 g/mol. The summed E-state index contributed by atoms with van der Waals surface area (Å²) in [5, 5.41) is 10.0. The van der Waals surface area contributed by atoms with Crippen LogP contribution in [0.1, 0.15) is 10.5 Å². The van der Waals surface area contributed by atoms with Gasteiger partial charge in [-0.1, -0.05) is 30.3 Å². The van der Waals surface area contributed by atoms with Crippen LogP contribution in [0.5, 0.6) is 0 Å². The van der Waals surface area contributed by atoms with Crippen molar-refractivity contribution in [3.63, 3.8) is 0 Å². The average Bonchev–Trinajstić information content (AvgIpc) is 3.19. The molecule has 0 saturated carbocycles. The van der Waals surface area contributed by atoms with E-state index in [4.69, 9.17) is 0 Å². The molecule has 0 atom stereocenters. The monoisotopic (exact) mass is 382 g/mol. The fourth-order valence-corrected chi connectivity index (χ4v) is 3.17. The van der Waals surface area contributed by atoms with Gasteiger partial charge in [0, 0.05) is 35.2 Å². The van der Waals surface area contributed by atoms with Crippen molar-refractivity contribution in [3.05, 3.63) is 89.2 Å². The van der Waals surface area contributed by atoms with E-state index in [9.17, 15) is 9.59 Å². The van der Waals surface area contributed by atoms with Crippen LogP contribution in [0.15, 0.2) is 78.0 Å². The molecule has 0 fully saturated rings. The summed E-state index contributed by atoms with van der Waals surface area (Å²) >= 11 is 0. The number of amides is 1. The molecule has 0 saturated heterocycles. The lowest BCUT2D eigenvalue weighted by Crippen LogP contribution is -2.19. The number of hydrogen-bond acceptors (Lipinski definition) is 5. The molecule has 1 amide bonds. The summed E-state index contributed by atoms with van der Waals surface area (Å²) in [6.45, 7) is 0. The second-order valence-electron chi connectivity index (χ2n) is 6.43. The van der Waals surface area contributed by atoms with Crippen molar-refractivity contribution < 1.29 is 4.79 Å². The lowest BCUT2D eigenvalue weighted by Gasteiger charge is -2.07. The highest BCUT2D eigenvalue weighted by Gasteiger charge is 2.14. The molecule has 0 aliphatic rings. The molecule has 0 aliphatic heterocycles. The second kappa shape index (κ2) is 6.68. The molecule has 8 heteroatoms. The van der Waals surface area contributed by atoms with Crippen LogP contribution in [0.25, 0.3) is 27.8 Å². The Morgan fingerprint density at radius 3 is 2.59 bits per heavy atom. The Hall–Kier alpha value is -4.33. The fraction of sp³-hybridized carbons (Fsp3) is 0. The maximum Gasteiger partial charge on any atom is 0.276 e. The number of anilines is 1. The molecular formula is C21H14N6O2. The Bertz CT molecular complexity index is 1390. The summed E-state index contributed by atoms with van der Waals surface area (Å²) in [5.74, 6) is 0.220. The summed E-state index contributed by atoms with van der Waals surface area (Å²) in [4.78, 5) is 33.3. The minimum absolute atomic E-state index is 0.163. The van der Waals surface area contributed by atoms with Gasteiger partial charge in [0.15, 0.2) is 5.69 Å². The van der Waals surface area contributed by atoms with Gasteiger partial charge < -0.3 is 5.32 Å². The first-order chi connectivity index (χ1) is 14.2. The quantitative estimate of drug-likeness (QED) is 0.499. The zero-order chi connectivity index (χ0) is 19.8. The van der Waals surface area contributed by atoms with Gasteiger partial charge in [-0.3, -0.25) is 14.0 Å². The third-order valence-electron chi connectivity index (χ3n) is 4.59. The lowest BCUT2D eigenvalue weighted by molar-refractivity contribution is 0.102. The van der Waals surface area contributed by atoms with E-state index in [2.05, 4.69) is 25.5 Å². The number of H-pyrrole nitrogens is 1. The Morgan fingerprint density at radius 2 is 1.79 bits per heavy atom. The number of aromatic amines is 1. The van der Waals surface area contributed by atoms with Crippen LogP contribution < -0.4 is 10.9 Å². The molecule has 5 aromatic rings. The van der Waals surface area contributed by atoms with Crippen molar-refractivity contribution in [2.75, 3.05) is 5.32 Å². The number of fused-ring (bicyclic) bond motifs is 2. The Balaban J connectivity index is 1.42. The predicted octanol–water partition coefficient (Wildman–Crippen LogP) is 2.89. The van der Waals surface area contributed by atoms with Gasteiger partial charge in [-0.2, -0.15) is 5.10 Å². The van der Waals surface area contributed by atoms with Crippen LogP contribution in [0, 0.1) is 0 Å². The van der Waals surface area contributed by atoms with Crippen LogP contribution >= 0.6 is 0 Å². The van der Waals surface area contributed by atoms with Gasteiger partial charge in [0.25, 0.3) is 11.5 Å². The zero-order valence-electron chi connectivity index (χ0n) is 15.0. The number of carbonyl (C=O) groups is 1. The summed E-state index contributed by atoms with van der Waals surface area (Å²) in [6.07, 6.45) is 5.47. The summed E-state index contributed by atoms with van der Waals surface area (Å²) in [7, 11) is 0. The van der Waals surface area contributed by atoms with E-state index in [-0.39, 0.29) is 11.3 Å². The molecule has 0 unspecified atom stereocenters. The third kappa shape index (κ3) is 3.02. The number of hydrogen-bond donors (Lipinski definition) is 2. The van der Waals surface area contributed by atoms with Crippen molar-refractivity contribution >= 4 is 28.1 Å². The van der Waals surface area contributed by atoms with E-state index in [1.807, 2.05) is 35.0 Å². The first-order valence-corrected chi connectivity index (χ1v) is 8.88. The normalized spacial score (nSPS) is 11.0. The van der Waals surface area contributed by atoms with E-state index in [0.29, 0.717) is 22.2 Å². The molecule has 2 N–H and O–H groups in total. The molecule has 2 aromatic carbocycles. The van der Waals surface area contributed by atoms with Crippen molar-refractivity contribution in [1.29, 1.82) is 0 Å². The molecule has 8 nitrogen and oxygen atoms in total. The molecular weight excluding hydrogens is 368 g/mol. The Kier molecular flexibility index (Phi) is 3.87. The van der Waals surface area contributed by atoms with Gasteiger partial charge in [0.1, 0.15) is 0 Å². The maximum absolute atomic E-state index is 12.7. The number of carbonyl (C=O) groups excluding carboxylic acids is 1. The van der Waals surface area contributed by atoms with E-state index >= 15 is 0 Å². The summed E-state index contributed by atoms with van der Waals surface area (Å²) in [5.41, 5.74) is 2.13. The minimum atomic E-state index is -0.401. The molecule has 0 radical (unpaired) electrons. The number of nitrogens with one attached hydrogen (secondary N) is 2. The molecule has 0 spiro atoms. The highest BCUT2D eigenvalue weighted by atomic mass is 16.2. The van der Waals surface area contributed by atoms with Crippen LogP contribution in [0.3, 0.4) is 0 Å². The highest BCUT2D eigenvalue weighted by Crippen LogP contribution is 2.21. The van der Waals surface area contributed by atoms with Crippen LogP contribution in [0.2, 0.25) is 0 Å². The summed E-state index contributed by atoms with van der Waals surface area (Å²) < 4.78 is 1.85. The van der Waals surface area contributed by atoms with Gasteiger partial charge in [-0.15, -0.1) is 0 Å². The molecule has 5 rings (SSSR count). The largest absolute Gasteiger partial charge is 0.321 e. The third-order valence-corrected chi connectivity index (χ3v) is 4.59. The van der Waals surface area contributed by atoms with E-state index in [0.717, 1.165) is 11.3 Å². The molecule has 140 valence electrons. The van der Waals surface area contributed by atoms with Crippen molar-refractivity contribution in [3.8, 4) is 11.3 Å². The number of nitrogens with zero attached hydrogens (tertiary/aromatic N) is 4. The smallest absolute Gasteiger partial charge is 0.276 e. The van der Waals surface area contributed by atoms with E-state index < -0.39 is 5.91 Å². The first kappa shape index (κ1) is 16.8.